The second-order valence-corrected chi connectivity index (χ2v) is 4.14. The number of nitrogens with two attached hydrogens (primary N) is 1. The summed E-state index contributed by atoms with van der Waals surface area (Å²) in [7, 11) is 0. The first-order valence-electron chi connectivity index (χ1n) is 5.77. The van der Waals surface area contributed by atoms with Crippen molar-refractivity contribution >= 4 is 10.8 Å². The Morgan fingerprint density at radius 1 is 1.00 bits per heavy atom. The number of ether oxygens (including phenoxy) is 1. The molecular formula is C14H15F2NO. The predicted molar refractivity (Wildman–Crippen MR) is 67.7 cm³/mol. The van der Waals surface area contributed by atoms with E-state index in [-0.39, 0.29) is 12.6 Å². The van der Waals surface area contributed by atoms with E-state index in [0.717, 1.165) is 16.3 Å². The Morgan fingerprint density at radius 3 is 2.44 bits per heavy atom. The summed E-state index contributed by atoms with van der Waals surface area (Å²) in [4.78, 5) is 0. The molecule has 2 aromatic rings. The molecule has 0 spiro atoms. The largest absolute Gasteiger partial charge is 0.374 e. The predicted octanol–water partition coefficient (Wildman–Crippen LogP) is 3.12. The van der Waals surface area contributed by atoms with Gasteiger partial charge in [0.1, 0.15) is 6.61 Å². The molecule has 0 aliphatic carbocycles. The van der Waals surface area contributed by atoms with Crippen LogP contribution in [0.1, 0.15) is 11.6 Å². The molecule has 18 heavy (non-hydrogen) atoms. The summed E-state index contributed by atoms with van der Waals surface area (Å²) in [6, 6.07) is 13.4. The van der Waals surface area contributed by atoms with Gasteiger partial charge in [-0.15, -0.1) is 0 Å². The average Bonchev–Trinajstić information content (AvgIpc) is 2.37. The van der Waals surface area contributed by atoms with E-state index in [1.165, 1.54) is 0 Å². The van der Waals surface area contributed by atoms with Crippen molar-refractivity contribution in [3.05, 3.63) is 48.0 Å². The minimum absolute atomic E-state index is 0.0999. The lowest BCUT2D eigenvalue weighted by atomic mass is 10.0. The zero-order chi connectivity index (χ0) is 13.0. The quantitative estimate of drug-likeness (QED) is 0.886. The van der Waals surface area contributed by atoms with Crippen molar-refractivity contribution in [3.63, 3.8) is 0 Å². The van der Waals surface area contributed by atoms with E-state index < -0.39 is 13.0 Å². The van der Waals surface area contributed by atoms with Crippen LogP contribution in [0.25, 0.3) is 10.8 Å². The number of alkyl halides is 2. The average molecular weight is 251 g/mol. The number of rotatable bonds is 5. The summed E-state index contributed by atoms with van der Waals surface area (Å²) in [5, 5.41) is 2.21. The molecule has 0 aliphatic rings. The normalized spacial score (nSPS) is 13.1. The fourth-order valence-electron chi connectivity index (χ4n) is 1.82. The van der Waals surface area contributed by atoms with Crippen molar-refractivity contribution < 1.29 is 13.5 Å². The zero-order valence-corrected chi connectivity index (χ0v) is 9.85. The Morgan fingerprint density at radius 2 is 1.72 bits per heavy atom. The van der Waals surface area contributed by atoms with Crippen molar-refractivity contribution in [3.8, 4) is 0 Å². The molecule has 0 bridgehead atoms. The molecule has 4 heteroatoms. The Kier molecular flexibility index (Phi) is 4.23. The highest BCUT2D eigenvalue weighted by Gasteiger charge is 2.09. The van der Waals surface area contributed by atoms with Crippen LogP contribution >= 0.6 is 0 Å². The summed E-state index contributed by atoms with van der Waals surface area (Å²) in [6.07, 6.45) is -2.45. The van der Waals surface area contributed by atoms with Gasteiger partial charge in [-0.3, -0.25) is 0 Å². The molecule has 2 rings (SSSR count). The van der Waals surface area contributed by atoms with Gasteiger partial charge in [-0.25, -0.2) is 8.78 Å². The zero-order valence-electron chi connectivity index (χ0n) is 9.85. The highest BCUT2D eigenvalue weighted by atomic mass is 19.3. The van der Waals surface area contributed by atoms with Gasteiger partial charge in [0.25, 0.3) is 6.43 Å². The van der Waals surface area contributed by atoms with Crippen molar-refractivity contribution in [1.82, 2.24) is 0 Å². The number of fused-ring (bicyclic) bond motifs is 1. The van der Waals surface area contributed by atoms with E-state index in [1.807, 2.05) is 42.5 Å². The van der Waals surface area contributed by atoms with Crippen LogP contribution in [0, 0.1) is 0 Å². The van der Waals surface area contributed by atoms with Gasteiger partial charge in [-0.05, 0) is 22.4 Å². The van der Waals surface area contributed by atoms with Crippen LogP contribution in [-0.4, -0.2) is 19.6 Å². The minimum atomic E-state index is -2.45. The molecule has 0 amide bonds. The number of benzene rings is 2. The molecule has 1 unspecified atom stereocenters. The van der Waals surface area contributed by atoms with E-state index in [2.05, 4.69) is 0 Å². The maximum Gasteiger partial charge on any atom is 0.261 e. The number of hydrogen-bond donors (Lipinski definition) is 1. The van der Waals surface area contributed by atoms with Crippen molar-refractivity contribution in [2.24, 2.45) is 5.73 Å². The lowest BCUT2D eigenvalue weighted by Gasteiger charge is -2.13. The molecular weight excluding hydrogens is 236 g/mol. The monoisotopic (exact) mass is 251 g/mol. The van der Waals surface area contributed by atoms with Crippen molar-refractivity contribution in [1.29, 1.82) is 0 Å². The van der Waals surface area contributed by atoms with Crippen LogP contribution in [0.4, 0.5) is 8.78 Å². The van der Waals surface area contributed by atoms with Crippen LogP contribution in [0.2, 0.25) is 0 Å². The Labute approximate surface area is 104 Å². The molecule has 0 heterocycles. The molecule has 2 aromatic carbocycles. The Hall–Kier alpha value is -1.52. The maximum atomic E-state index is 11.9. The van der Waals surface area contributed by atoms with Gasteiger partial charge >= 0.3 is 0 Å². The number of halogens is 2. The van der Waals surface area contributed by atoms with Gasteiger partial charge in [-0.2, -0.15) is 0 Å². The van der Waals surface area contributed by atoms with E-state index in [9.17, 15) is 8.78 Å². The lowest BCUT2D eigenvalue weighted by Crippen LogP contribution is -2.19. The van der Waals surface area contributed by atoms with E-state index >= 15 is 0 Å². The Balaban J connectivity index is 2.06. The molecule has 0 saturated carbocycles. The third-order valence-corrected chi connectivity index (χ3v) is 2.74. The standard InChI is InChI=1S/C14H15F2NO/c15-14(16)9-18-8-13(17)12-6-5-10-3-1-2-4-11(10)7-12/h1-7,13-14H,8-9,17H2. The lowest BCUT2D eigenvalue weighted by molar-refractivity contribution is 0.0125. The van der Waals surface area contributed by atoms with E-state index in [0.29, 0.717) is 0 Å². The smallest absolute Gasteiger partial charge is 0.261 e. The molecule has 1 atom stereocenters. The third-order valence-electron chi connectivity index (χ3n) is 2.74. The minimum Gasteiger partial charge on any atom is -0.374 e. The van der Waals surface area contributed by atoms with Gasteiger partial charge in [0.05, 0.1) is 12.6 Å². The highest BCUT2D eigenvalue weighted by Crippen LogP contribution is 2.19. The first kappa shape index (κ1) is 12.9. The van der Waals surface area contributed by atoms with E-state index in [4.69, 9.17) is 10.5 Å². The topological polar surface area (TPSA) is 35.2 Å². The summed E-state index contributed by atoms with van der Waals surface area (Å²) in [5.41, 5.74) is 6.79. The molecule has 0 radical (unpaired) electrons. The van der Waals surface area contributed by atoms with Crippen LogP contribution in [0.15, 0.2) is 42.5 Å². The molecule has 2 nitrogen and oxygen atoms in total. The molecule has 0 aromatic heterocycles. The SMILES string of the molecule is NC(COCC(F)F)c1ccc2ccccc2c1. The van der Waals surface area contributed by atoms with Gasteiger partial charge in [-0.1, -0.05) is 36.4 Å². The van der Waals surface area contributed by atoms with Gasteiger partial charge < -0.3 is 10.5 Å². The molecule has 0 aliphatic heterocycles. The van der Waals surface area contributed by atoms with Crippen LogP contribution < -0.4 is 5.73 Å². The van der Waals surface area contributed by atoms with Crippen molar-refractivity contribution in [2.75, 3.05) is 13.2 Å². The summed E-state index contributed by atoms with van der Waals surface area (Å²) in [6.45, 7) is -0.468. The molecule has 96 valence electrons. The summed E-state index contributed by atoms with van der Waals surface area (Å²) >= 11 is 0. The maximum absolute atomic E-state index is 11.9. The van der Waals surface area contributed by atoms with Gasteiger partial charge in [0, 0.05) is 0 Å². The van der Waals surface area contributed by atoms with Crippen molar-refractivity contribution in [2.45, 2.75) is 12.5 Å². The van der Waals surface area contributed by atoms with Gasteiger partial charge in [0.2, 0.25) is 0 Å². The highest BCUT2D eigenvalue weighted by molar-refractivity contribution is 5.83. The van der Waals surface area contributed by atoms with Crippen LogP contribution in [-0.2, 0) is 4.74 Å². The van der Waals surface area contributed by atoms with Crippen LogP contribution in [0.5, 0.6) is 0 Å². The first-order chi connectivity index (χ1) is 8.66. The summed E-state index contributed by atoms with van der Waals surface area (Å²) < 4.78 is 28.7. The molecule has 0 saturated heterocycles. The fourth-order valence-corrected chi connectivity index (χ4v) is 1.82. The fraction of sp³-hybridized carbons (Fsp3) is 0.286. The first-order valence-corrected chi connectivity index (χ1v) is 5.77. The second-order valence-electron chi connectivity index (χ2n) is 4.14. The van der Waals surface area contributed by atoms with Gasteiger partial charge in [0.15, 0.2) is 0 Å². The number of hydrogen-bond acceptors (Lipinski definition) is 2. The second kappa shape index (κ2) is 5.89. The molecule has 0 fully saturated rings. The molecule has 2 N–H and O–H groups in total. The van der Waals surface area contributed by atoms with E-state index in [1.54, 1.807) is 0 Å². The van der Waals surface area contributed by atoms with Crippen LogP contribution in [0.3, 0.4) is 0 Å². The Bertz CT molecular complexity index is 516. The third kappa shape index (κ3) is 3.24. The summed E-state index contributed by atoms with van der Waals surface area (Å²) in [5.74, 6) is 0.